The first kappa shape index (κ1) is 13.3. The topological polar surface area (TPSA) is 64.3 Å². The van der Waals surface area contributed by atoms with Crippen molar-refractivity contribution in [1.29, 1.82) is 5.26 Å². The van der Waals surface area contributed by atoms with Crippen molar-refractivity contribution in [3.63, 3.8) is 0 Å². The van der Waals surface area contributed by atoms with Crippen LogP contribution in [0.5, 0.6) is 0 Å². The van der Waals surface area contributed by atoms with E-state index < -0.39 is 11.5 Å². The summed E-state index contributed by atoms with van der Waals surface area (Å²) < 4.78 is 0. The molecule has 0 unspecified atom stereocenters. The fourth-order valence-corrected chi connectivity index (χ4v) is 1.49. The summed E-state index contributed by atoms with van der Waals surface area (Å²) >= 11 is 5.86. The predicted octanol–water partition coefficient (Wildman–Crippen LogP) is 2.51. The van der Waals surface area contributed by atoms with Crippen LogP contribution >= 0.6 is 11.6 Å². The van der Waals surface area contributed by atoms with Crippen molar-refractivity contribution >= 4 is 23.3 Å². The zero-order valence-corrected chi connectivity index (χ0v) is 10.6. The van der Waals surface area contributed by atoms with Gasteiger partial charge in [0.25, 0.3) is 0 Å². The van der Waals surface area contributed by atoms with Crippen LogP contribution in [0.25, 0.3) is 0 Å². The maximum atomic E-state index is 11.2. The molecule has 4 nitrogen and oxygen atoms in total. The number of anilines is 1. The molecule has 0 aliphatic rings. The van der Waals surface area contributed by atoms with E-state index in [1.165, 1.54) is 4.90 Å². The third-order valence-electron chi connectivity index (χ3n) is 2.80. The monoisotopic (exact) mass is 252 g/mol. The van der Waals surface area contributed by atoms with Gasteiger partial charge in [0.05, 0.1) is 11.3 Å². The largest absolute Gasteiger partial charge is 0.480 e. The Balaban J connectivity index is 3.30. The average Bonchev–Trinajstić information content (AvgIpc) is 2.27. The minimum atomic E-state index is -1.11. The molecule has 17 heavy (non-hydrogen) atoms. The van der Waals surface area contributed by atoms with Crippen LogP contribution in [0.1, 0.15) is 19.4 Å². The molecule has 90 valence electrons. The second-order valence-corrected chi connectivity index (χ2v) is 4.63. The molecule has 0 heterocycles. The van der Waals surface area contributed by atoms with Crippen LogP contribution in [-0.4, -0.2) is 23.7 Å². The van der Waals surface area contributed by atoms with Crippen LogP contribution in [-0.2, 0) is 4.79 Å². The number of halogens is 1. The molecule has 0 saturated carbocycles. The molecule has 1 rings (SSSR count). The summed E-state index contributed by atoms with van der Waals surface area (Å²) in [5.41, 5.74) is -0.213. The van der Waals surface area contributed by atoms with Gasteiger partial charge in [-0.05, 0) is 32.0 Å². The van der Waals surface area contributed by atoms with E-state index in [1.807, 2.05) is 6.07 Å². The predicted molar refractivity (Wildman–Crippen MR) is 66.3 cm³/mol. The molecule has 0 atom stereocenters. The van der Waals surface area contributed by atoms with Crippen LogP contribution < -0.4 is 4.90 Å². The maximum Gasteiger partial charge on any atom is 0.328 e. The Morgan fingerprint density at radius 3 is 2.59 bits per heavy atom. The summed E-state index contributed by atoms with van der Waals surface area (Å²) in [7, 11) is 1.63. The Morgan fingerprint density at radius 2 is 2.12 bits per heavy atom. The van der Waals surface area contributed by atoms with Crippen molar-refractivity contribution in [3.05, 3.63) is 28.8 Å². The number of hydrogen-bond acceptors (Lipinski definition) is 3. The fourth-order valence-electron chi connectivity index (χ4n) is 1.32. The molecule has 0 spiro atoms. The second-order valence-electron chi connectivity index (χ2n) is 4.20. The van der Waals surface area contributed by atoms with E-state index in [4.69, 9.17) is 22.0 Å². The van der Waals surface area contributed by atoms with E-state index in [1.54, 1.807) is 39.1 Å². The van der Waals surface area contributed by atoms with E-state index in [-0.39, 0.29) is 0 Å². The Hall–Kier alpha value is -1.73. The van der Waals surface area contributed by atoms with Crippen LogP contribution in [0.4, 0.5) is 5.69 Å². The molecule has 0 aliphatic heterocycles. The highest BCUT2D eigenvalue weighted by Crippen LogP contribution is 2.28. The van der Waals surface area contributed by atoms with Gasteiger partial charge in [-0.2, -0.15) is 5.26 Å². The smallest absolute Gasteiger partial charge is 0.328 e. The average molecular weight is 253 g/mol. The summed E-state index contributed by atoms with van der Waals surface area (Å²) in [6.45, 7) is 3.13. The van der Waals surface area contributed by atoms with Crippen LogP contribution in [0.2, 0.25) is 5.02 Å². The Morgan fingerprint density at radius 1 is 1.53 bits per heavy atom. The molecule has 0 aliphatic carbocycles. The number of benzene rings is 1. The molecule has 0 saturated heterocycles. The van der Waals surface area contributed by atoms with Crippen molar-refractivity contribution in [2.24, 2.45) is 0 Å². The van der Waals surface area contributed by atoms with Gasteiger partial charge in [-0.25, -0.2) is 4.79 Å². The van der Waals surface area contributed by atoms with Crippen LogP contribution in [0.15, 0.2) is 18.2 Å². The minimum absolute atomic E-state index is 0.395. The lowest BCUT2D eigenvalue weighted by Gasteiger charge is -2.34. The van der Waals surface area contributed by atoms with E-state index in [9.17, 15) is 4.79 Å². The van der Waals surface area contributed by atoms with Crippen molar-refractivity contribution in [3.8, 4) is 6.07 Å². The fraction of sp³-hybridized carbons (Fsp3) is 0.333. The first-order chi connectivity index (χ1) is 7.80. The van der Waals surface area contributed by atoms with Gasteiger partial charge >= 0.3 is 5.97 Å². The number of aliphatic carboxylic acids is 1. The molecule has 0 bridgehead atoms. The lowest BCUT2D eigenvalue weighted by Crippen LogP contribution is -2.48. The summed E-state index contributed by atoms with van der Waals surface area (Å²) in [5, 5.41) is 18.6. The lowest BCUT2D eigenvalue weighted by molar-refractivity contribution is -0.142. The first-order valence-corrected chi connectivity index (χ1v) is 5.35. The van der Waals surface area contributed by atoms with Gasteiger partial charge in [-0.1, -0.05) is 11.6 Å². The summed E-state index contributed by atoms with van der Waals surface area (Å²) in [6, 6.07) is 6.79. The molecule has 0 aromatic heterocycles. The highest BCUT2D eigenvalue weighted by atomic mass is 35.5. The number of carbonyl (C=O) groups is 1. The number of rotatable bonds is 3. The van der Waals surface area contributed by atoms with Gasteiger partial charge in [0.2, 0.25) is 0 Å². The van der Waals surface area contributed by atoms with Crippen LogP contribution in [0.3, 0.4) is 0 Å². The SMILES string of the molecule is CN(c1cc(Cl)ccc1C#N)C(C)(C)C(=O)O. The van der Waals surface area contributed by atoms with Crippen LogP contribution in [0, 0.1) is 11.3 Å². The first-order valence-electron chi connectivity index (χ1n) is 4.97. The highest BCUT2D eigenvalue weighted by molar-refractivity contribution is 6.30. The van der Waals surface area contributed by atoms with Crippen molar-refractivity contribution < 1.29 is 9.90 Å². The lowest BCUT2D eigenvalue weighted by atomic mass is 10.0. The van der Waals surface area contributed by atoms with Gasteiger partial charge in [0.1, 0.15) is 11.6 Å². The minimum Gasteiger partial charge on any atom is -0.480 e. The second kappa shape index (κ2) is 4.64. The number of carboxylic acids is 1. The van der Waals surface area contributed by atoms with Crippen molar-refractivity contribution in [1.82, 2.24) is 0 Å². The number of hydrogen-bond donors (Lipinski definition) is 1. The molecule has 0 amide bonds. The van der Waals surface area contributed by atoms with E-state index in [2.05, 4.69) is 0 Å². The molecular weight excluding hydrogens is 240 g/mol. The third kappa shape index (κ3) is 2.51. The molecule has 1 N–H and O–H groups in total. The number of carboxylic acid groups (broad SMARTS) is 1. The normalized spacial score (nSPS) is 10.8. The van der Waals surface area contributed by atoms with Gasteiger partial charge in [-0.15, -0.1) is 0 Å². The summed E-state index contributed by atoms with van der Waals surface area (Å²) in [5.74, 6) is -0.969. The summed E-state index contributed by atoms with van der Waals surface area (Å²) in [6.07, 6.45) is 0. The molecular formula is C12H13ClN2O2. The number of nitrogens with zero attached hydrogens (tertiary/aromatic N) is 2. The summed E-state index contributed by atoms with van der Waals surface area (Å²) in [4.78, 5) is 12.7. The standard InChI is InChI=1S/C12H13ClN2O2/c1-12(2,11(16)17)15(3)10-6-9(13)5-4-8(10)7-14/h4-6H,1-3H3,(H,16,17). The van der Waals surface area contributed by atoms with Crippen molar-refractivity contribution in [2.75, 3.05) is 11.9 Å². The zero-order valence-electron chi connectivity index (χ0n) is 9.86. The number of nitriles is 1. The van der Waals surface area contributed by atoms with E-state index >= 15 is 0 Å². The molecule has 5 heteroatoms. The van der Waals surface area contributed by atoms with E-state index in [0.29, 0.717) is 16.3 Å². The zero-order chi connectivity index (χ0) is 13.2. The molecule has 0 radical (unpaired) electrons. The van der Waals surface area contributed by atoms with Gasteiger partial charge in [-0.3, -0.25) is 0 Å². The molecule has 1 aromatic rings. The maximum absolute atomic E-state index is 11.2. The quantitative estimate of drug-likeness (QED) is 0.898. The Bertz CT molecular complexity index is 492. The Labute approximate surface area is 105 Å². The van der Waals surface area contributed by atoms with Gasteiger partial charge < -0.3 is 10.0 Å². The molecule has 0 fully saturated rings. The Kier molecular flexibility index (Phi) is 3.64. The van der Waals surface area contributed by atoms with E-state index in [0.717, 1.165) is 0 Å². The molecule has 1 aromatic carbocycles. The van der Waals surface area contributed by atoms with Gasteiger partial charge in [0.15, 0.2) is 0 Å². The van der Waals surface area contributed by atoms with Gasteiger partial charge in [0, 0.05) is 12.1 Å². The third-order valence-corrected chi connectivity index (χ3v) is 3.04. The number of likely N-dealkylation sites (N-methyl/N-ethyl adjacent to an activating group) is 1. The highest BCUT2D eigenvalue weighted by Gasteiger charge is 2.33. The van der Waals surface area contributed by atoms with Crippen molar-refractivity contribution in [2.45, 2.75) is 19.4 Å².